The van der Waals surface area contributed by atoms with Gasteiger partial charge in [0.2, 0.25) is 10.0 Å². The number of rotatable bonds is 7. The van der Waals surface area contributed by atoms with E-state index in [4.69, 9.17) is 16.3 Å². The van der Waals surface area contributed by atoms with E-state index < -0.39 is 38.7 Å². The number of hydrogen-bond donors (Lipinski definition) is 1. The van der Waals surface area contributed by atoms with Gasteiger partial charge in [-0.05, 0) is 37.1 Å². The Morgan fingerprint density at radius 3 is 2.39 bits per heavy atom. The molecule has 0 saturated heterocycles. The van der Waals surface area contributed by atoms with Gasteiger partial charge in [-0.3, -0.25) is 4.79 Å². The first-order valence-corrected chi connectivity index (χ1v) is 10.0. The fourth-order valence-corrected chi connectivity index (χ4v) is 4.04. The second-order valence-corrected chi connectivity index (χ2v) is 7.87. The maximum absolute atomic E-state index is 13.3. The third-order valence-corrected chi connectivity index (χ3v) is 5.45. The number of sulfonamides is 1. The molecule has 1 N–H and O–H groups in total. The molecule has 0 amide bonds. The molecular formula is C18H17ClF3NO4S. The summed E-state index contributed by atoms with van der Waals surface area (Å²) in [7, 11) is -4.70. The third kappa shape index (κ3) is 5.70. The number of ether oxygens (including phenoxy) is 1. The van der Waals surface area contributed by atoms with Crippen molar-refractivity contribution in [1.82, 2.24) is 4.72 Å². The predicted molar refractivity (Wildman–Crippen MR) is 97.3 cm³/mol. The van der Waals surface area contributed by atoms with Crippen LogP contribution in [-0.4, -0.2) is 27.0 Å². The number of nitrogens with one attached hydrogen (secondary N) is 1. The zero-order valence-corrected chi connectivity index (χ0v) is 16.2. The highest BCUT2D eigenvalue weighted by atomic mass is 35.5. The van der Waals surface area contributed by atoms with Crippen molar-refractivity contribution in [3.8, 4) is 0 Å². The number of halogens is 4. The van der Waals surface area contributed by atoms with Gasteiger partial charge < -0.3 is 4.74 Å². The van der Waals surface area contributed by atoms with E-state index in [2.05, 4.69) is 0 Å². The van der Waals surface area contributed by atoms with Gasteiger partial charge in [-0.1, -0.05) is 41.9 Å². The summed E-state index contributed by atoms with van der Waals surface area (Å²) in [6, 6.07) is 9.32. The molecule has 2 aromatic rings. The van der Waals surface area contributed by atoms with Crippen LogP contribution in [0.1, 0.15) is 18.1 Å². The minimum atomic E-state index is -4.95. The molecule has 0 aliphatic heterocycles. The van der Waals surface area contributed by atoms with Gasteiger partial charge in [-0.2, -0.15) is 17.9 Å². The Balaban J connectivity index is 2.41. The van der Waals surface area contributed by atoms with Gasteiger partial charge >= 0.3 is 12.1 Å². The van der Waals surface area contributed by atoms with E-state index in [0.717, 1.165) is 12.1 Å². The van der Waals surface area contributed by atoms with E-state index >= 15 is 0 Å². The fraction of sp³-hybridized carbons (Fsp3) is 0.278. The minimum Gasteiger partial charge on any atom is -0.465 e. The Morgan fingerprint density at radius 1 is 1.18 bits per heavy atom. The van der Waals surface area contributed by atoms with Gasteiger partial charge in [0.05, 0.1) is 17.1 Å². The quantitative estimate of drug-likeness (QED) is 0.671. The Morgan fingerprint density at radius 2 is 1.82 bits per heavy atom. The molecule has 0 aliphatic rings. The van der Waals surface area contributed by atoms with Gasteiger partial charge in [0, 0.05) is 5.02 Å². The van der Waals surface area contributed by atoms with Crippen molar-refractivity contribution in [2.24, 2.45) is 0 Å². The zero-order chi connectivity index (χ0) is 20.9. The molecule has 0 saturated carbocycles. The smallest absolute Gasteiger partial charge is 0.417 e. The molecule has 0 heterocycles. The number of benzene rings is 2. The molecule has 0 aliphatic carbocycles. The molecule has 5 nitrogen and oxygen atoms in total. The number of alkyl halides is 3. The zero-order valence-electron chi connectivity index (χ0n) is 14.7. The van der Waals surface area contributed by atoms with Crippen molar-refractivity contribution in [2.45, 2.75) is 30.5 Å². The highest BCUT2D eigenvalue weighted by molar-refractivity contribution is 7.89. The Hall–Kier alpha value is -2.10. The Kier molecular flexibility index (Phi) is 7.08. The van der Waals surface area contributed by atoms with Gasteiger partial charge in [0.25, 0.3) is 0 Å². The van der Waals surface area contributed by atoms with Gasteiger partial charge in [0.15, 0.2) is 0 Å². The molecular weight excluding hydrogens is 419 g/mol. The third-order valence-electron chi connectivity index (χ3n) is 3.69. The molecule has 0 radical (unpaired) electrons. The van der Waals surface area contributed by atoms with E-state index in [0.29, 0.717) is 11.6 Å². The maximum Gasteiger partial charge on any atom is 0.417 e. The highest BCUT2D eigenvalue weighted by Crippen LogP contribution is 2.35. The second-order valence-electron chi connectivity index (χ2n) is 5.75. The highest BCUT2D eigenvalue weighted by Gasteiger charge is 2.38. The number of carbonyl (C=O) groups excluding carboxylic acids is 1. The number of carbonyl (C=O) groups is 1. The molecule has 1 unspecified atom stereocenters. The summed E-state index contributed by atoms with van der Waals surface area (Å²) in [6.45, 7) is 1.52. The van der Waals surface area contributed by atoms with Crippen LogP contribution in [0.4, 0.5) is 13.2 Å². The molecule has 1 atom stereocenters. The lowest BCUT2D eigenvalue weighted by Crippen LogP contribution is -2.43. The number of esters is 1. The molecule has 2 rings (SSSR count). The van der Waals surface area contributed by atoms with Crippen molar-refractivity contribution < 1.29 is 31.1 Å². The van der Waals surface area contributed by atoms with Crippen molar-refractivity contribution in [3.05, 3.63) is 64.7 Å². The molecule has 0 fully saturated rings. The minimum absolute atomic E-state index is 0.0133. The largest absolute Gasteiger partial charge is 0.465 e. The molecule has 0 aromatic heterocycles. The van der Waals surface area contributed by atoms with Crippen LogP contribution in [0.3, 0.4) is 0 Å². The van der Waals surface area contributed by atoms with E-state index in [-0.39, 0.29) is 18.1 Å². The SMILES string of the molecule is CCOC(=O)C(Cc1ccccc1)NS(=O)(=O)c1ccc(Cl)cc1C(F)(F)F. The van der Waals surface area contributed by atoms with Crippen LogP contribution in [0.5, 0.6) is 0 Å². The summed E-state index contributed by atoms with van der Waals surface area (Å²) in [5.41, 5.74) is -0.815. The maximum atomic E-state index is 13.3. The van der Waals surface area contributed by atoms with E-state index in [1.807, 2.05) is 4.72 Å². The Labute approximate surface area is 165 Å². The summed E-state index contributed by atoms with van der Waals surface area (Å²) >= 11 is 5.59. The predicted octanol–water partition coefficient (Wildman–Crippen LogP) is 3.81. The monoisotopic (exact) mass is 435 g/mol. The Bertz CT molecular complexity index is 934. The van der Waals surface area contributed by atoms with Crippen LogP contribution < -0.4 is 4.72 Å². The lowest BCUT2D eigenvalue weighted by molar-refractivity contribution is -0.145. The average molecular weight is 436 g/mol. The average Bonchev–Trinajstić information content (AvgIpc) is 2.61. The summed E-state index contributed by atoms with van der Waals surface area (Å²) in [4.78, 5) is 11.2. The standard InChI is InChI=1S/C18H17ClF3NO4S/c1-2-27-17(24)15(10-12-6-4-3-5-7-12)23-28(25,26)16-9-8-13(19)11-14(16)18(20,21)22/h3-9,11,15,23H,2,10H2,1H3. The van der Waals surface area contributed by atoms with Gasteiger partial charge in [0.1, 0.15) is 6.04 Å². The van der Waals surface area contributed by atoms with Crippen LogP contribution in [0, 0.1) is 0 Å². The van der Waals surface area contributed by atoms with Gasteiger partial charge in [-0.25, -0.2) is 8.42 Å². The first-order chi connectivity index (χ1) is 13.0. The van der Waals surface area contributed by atoms with Crippen LogP contribution in [0.15, 0.2) is 53.4 Å². The molecule has 28 heavy (non-hydrogen) atoms. The summed E-state index contributed by atoms with van der Waals surface area (Å²) in [6.07, 6.45) is -5.04. The topological polar surface area (TPSA) is 72.5 Å². The summed E-state index contributed by atoms with van der Waals surface area (Å²) < 4.78 is 72.1. The first kappa shape index (κ1) is 22.2. The molecule has 0 spiro atoms. The molecule has 152 valence electrons. The van der Waals surface area contributed by atoms with Crippen molar-refractivity contribution in [2.75, 3.05) is 6.61 Å². The number of hydrogen-bond acceptors (Lipinski definition) is 4. The van der Waals surface area contributed by atoms with Crippen LogP contribution in [-0.2, 0) is 32.2 Å². The van der Waals surface area contributed by atoms with Crippen molar-refractivity contribution in [1.29, 1.82) is 0 Å². The summed E-state index contributed by atoms with van der Waals surface area (Å²) in [5, 5.41) is -0.266. The lowest BCUT2D eigenvalue weighted by Gasteiger charge is -2.19. The first-order valence-electron chi connectivity index (χ1n) is 8.14. The summed E-state index contributed by atoms with van der Waals surface area (Å²) in [5.74, 6) is -0.891. The van der Waals surface area contributed by atoms with Crippen molar-refractivity contribution in [3.63, 3.8) is 0 Å². The van der Waals surface area contributed by atoms with Crippen LogP contribution in [0.2, 0.25) is 5.02 Å². The second kappa shape index (κ2) is 8.93. The molecule has 10 heteroatoms. The normalized spacial score (nSPS) is 13.2. The van der Waals surface area contributed by atoms with Crippen LogP contribution >= 0.6 is 11.6 Å². The molecule has 2 aromatic carbocycles. The fourth-order valence-electron chi connectivity index (χ4n) is 2.47. The van der Waals surface area contributed by atoms with E-state index in [1.165, 1.54) is 6.92 Å². The van der Waals surface area contributed by atoms with E-state index in [9.17, 15) is 26.4 Å². The van der Waals surface area contributed by atoms with Crippen molar-refractivity contribution >= 4 is 27.6 Å². The lowest BCUT2D eigenvalue weighted by atomic mass is 10.1. The molecule has 0 bridgehead atoms. The van der Waals surface area contributed by atoms with E-state index in [1.54, 1.807) is 30.3 Å². The van der Waals surface area contributed by atoms with Crippen LogP contribution in [0.25, 0.3) is 0 Å². The van der Waals surface area contributed by atoms with Gasteiger partial charge in [-0.15, -0.1) is 0 Å².